The summed E-state index contributed by atoms with van der Waals surface area (Å²) in [7, 11) is 0. The number of benzene rings is 3. The maximum absolute atomic E-state index is 12.6. The number of hydrogen-bond acceptors (Lipinski definition) is 2. The molecule has 3 rings (SSSR count). The summed E-state index contributed by atoms with van der Waals surface area (Å²) in [5.41, 5.74) is 1.66. The van der Waals surface area contributed by atoms with Gasteiger partial charge in [-0.25, -0.2) is 0 Å². The van der Waals surface area contributed by atoms with Gasteiger partial charge in [0.15, 0.2) is 0 Å². The van der Waals surface area contributed by atoms with Gasteiger partial charge in [-0.15, -0.1) is 0 Å². The SMILES string of the molecule is O=C(NC(Sc1ccc(Cl)cc1)c1ccc(Br)cc1)c1ccccc1. The smallest absolute Gasteiger partial charge is 0.252 e. The van der Waals surface area contributed by atoms with E-state index in [0.29, 0.717) is 10.6 Å². The molecular formula is C20H15BrClNOS. The van der Waals surface area contributed by atoms with Crippen LogP contribution in [-0.2, 0) is 0 Å². The predicted molar refractivity (Wildman–Crippen MR) is 108 cm³/mol. The summed E-state index contributed by atoms with van der Waals surface area (Å²) < 4.78 is 1.00. The lowest BCUT2D eigenvalue weighted by Gasteiger charge is -2.19. The highest BCUT2D eigenvalue weighted by molar-refractivity contribution is 9.10. The molecule has 0 aliphatic carbocycles. The normalized spacial score (nSPS) is 11.8. The van der Waals surface area contributed by atoms with E-state index < -0.39 is 0 Å². The molecule has 0 aromatic heterocycles. The van der Waals surface area contributed by atoms with Crippen LogP contribution >= 0.6 is 39.3 Å². The zero-order chi connectivity index (χ0) is 17.6. The quantitative estimate of drug-likeness (QED) is 0.377. The number of carbonyl (C=O) groups excluding carboxylic acids is 1. The molecule has 0 saturated carbocycles. The Morgan fingerprint density at radius 2 is 1.56 bits per heavy atom. The van der Waals surface area contributed by atoms with E-state index in [4.69, 9.17) is 11.6 Å². The number of nitrogens with one attached hydrogen (secondary N) is 1. The third-order valence-corrected chi connectivity index (χ3v) is 5.49. The van der Waals surface area contributed by atoms with E-state index in [0.717, 1.165) is 14.9 Å². The van der Waals surface area contributed by atoms with E-state index in [-0.39, 0.29) is 11.3 Å². The first kappa shape index (κ1) is 18.1. The molecule has 0 bridgehead atoms. The highest BCUT2D eigenvalue weighted by Gasteiger charge is 2.17. The van der Waals surface area contributed by atoms with Crippen LogP contribution in [0.2, 0.25) is 5.02 Å². The second-order valence-electron chi connectivity index (χ2n) is 5.34. The first-order valence-corrected chi connectivity index (χ1v) is 9.70. The molecule has 0 saturated heterocycles. The minimum absolute atomic E-state index is 0.102. The number of halogens is 2. The fourth-order valence-electron chi connectivity index (χ4n) is 2.26. The van der Waals surface area contributed by atoms with Gasteiger partial charge in [0.25, 0.3) is 5.91 Å². The zero-order valence-electron chi connectivity index (χ0n) is 13.2. The van der Waals surface area contributed by atoms with E-state index in [1.165, 1.54) is 0 Å². The van der Waals surface area contributed by atoms with E-state index in [1.807, 2.05) is 66.7 Å². The van der Waals surface area contributed by atoms with Gasteiger partial charge in [-0.2, -0.15) is 0 Å². The van der Waals surface area contributed by atoms with Gasteiger partial charge in [-0.1, -0.05) is 69.6 Å². The lowest BCUT2D eigenvalue weighted by molar-refractivity contribution is 0.0949. The first-order valence-electron chi connectivity index (χ1n) is 7.65. The molecule has 2 nitrogen and oxygen atoms in total. The Hall–Kier alpha value is -1.75. The Labute approximate surface area is 164 Å². The van der Waals surface area contributed by atoms with Crippen molar-refractivity contribution in [2.75, 3.05) is 0 Å². The zero-order valence-corrected chi connectivity index (χ0v) is 16.3. The first-order chi connectivity index (χ1) is 12.1. The van der Waals surface area contributed by atoms with Crippen molar-refractivity contribution >= 4 is 45.2 Å². The number of carbonyl (C=O) groups is 1. The number of rotatable bonds is 5. The summed E-state index contributed by atoms with van der Waals surface area (Å²) in [5, 5.41) is 3.59. The standard InChI is InChI=1S/C20H15BrClNOS/c21-16-8-6-15(7-9-16)20(25-18-12-10-17(22)11-13-18)23-19(24)14-4-2-1-3-5-14/h1-13,20H,(H,23,24). The van der Waals surface area contributed by atoms with Crippen molar-refractivity contribution in [1.29, 1.82) is 0 Å². The minimum Gasteiger partial charge on any atom is -0.336 e. The molecule has 1 atom stereocenters. The maximum Gasteiger partial charge on any atom is 0.252 e. The van der Waals surface area contributed by atoms with Gasteiger partial charge < -0.3 is 5.32 Å². The molecule has 126 valence electrons. The van der Waals surface area contributed by atoms with Gasteiger partial charge in [-0.05, 0) is 54.1 Å². The fraction of sp³-hybridized carbons (Fsp3) is 0.0500. The molecule has 0 radical (unpaired) electrons. The Kier molecular flexibility index (Phi) is 6.19. The van der Waals surface area contributed by atoms with Crippen molar-refractivity contribution in [2.24, 2.45) is 0 Å². The van der Waals surface area contributed by atoms with Crippen LogP contribution < -0.4 is 5.32 Å². The summed E-state index contributed by atoms with van der Waals surface area (Å²) in [6.45, 7) is 0. The van der Waals surface area contributed by atoms with Crippen LogP contribution in [0.5, 0.6) is 0 Å². The molecule has 3 aromatic rings. The third kappa shape index (κ3) is 5.11. The molecule has 0 aliphatic heterocycles. The predicted octanol–water partition coefficient (Wildman–Crippen LogP) is 6.32. The van der Waals surface area contributed by atoms with Gasteiger partial charge in [-0.3, -0.25) is 4.79 Å². The molecule has 0 fully saturated rings. The van der Waals surface area contributed by atoms with Gasteiger partial charge in [0, 0.05) is 20.0 Å². The molecule has 3 aromatic carbocycles. The summed E-state index contributed by atoms with van der Waals surface area (Å²) in [5.74, 6) is -0.102. The van der Waals surface area contributed by atoms with Gasteiger partial charge in [0.2, 0.25) is 0 Å². The van der Waals surface area contributed by atoms with Gasteiger partial charge >= 0.3 is 0 Å². The minimum atomic E-state index is -0.206. The van der Waals surface area contributed by atoms with E-state index in [2.05, 4.69) is 21.2 Å². The highest BCUT2D eigenvalue weighted by Crippen LogP contribution is 2.34. The molecular weight excluding hydrogens is 418 g/mol. The van der Waals surface area contributed by atoms with Crippen LogP contribution in [-0.4, -0.2) is 5.91 Å². The van der Waals surface area contributed by atoms with Crippen LogP contribution in [0.1, 0.15) is 21.3 Å². The van der Waals surface area contributed by atoms with Crippen LogP contribution in [0, 0.1) is 0 Å². The van der Waals surface area contributed by atoms with E-state index in [9.17, 15) is 4.79 Å². The number of amides is 1. The number of hydrogen-bond donors (Lipinski definition) is 1. The van der Waals surface area contributed by atoms with Gasteiger partial charge in [0.1, 0.15) is 5.37 Å². The summed E-state index contributed by atoms with van der Waals surface area (Å²) in [6.07, 6.45) is 0. The molecule has 1 amide bonds. The van der Waals surface area contributed by atoms with Crippen molar-refractivity contribution < 1.29 is 4.79 Å². The Morgan fingerprint density at radius 1 is 0.920 bits per heavy atom. The monoisotopic (exact) mass is 431 g/mol. The molecule has 1 N–H and O–H groups in total. The number of thioether (sulfide) groups is 1. The van der Waals surface area contributed by atoms with Crippen molar-refractivity contribution in [3.8, 4) is 0 Å². The average molecular weight is 433 g/mol. The van der Waals surface area contributed by atoms with Crippen LogP contribution in [0.4, 0.5) is 0 Å². The Balaban J connectivity index is 1.84. The lowest BCUT2D eigenvalue weighted by Crippen LogP contribution is -2.26. The van der Waals surface area contributed by atoms with Gasteiger partial charge in [0.05, 0.1) is 0 Å². The molecule has 0 heterocycles. The Bertz CT molecular complexity index is 838. The summed E-state index contributed by atoms with van der Waals surface area (Å²) in [4.78, 5) is 13.6. The van der Waals surface area contributed by atoms with Crippen molar-refractivity contribution in [1.82, 2.24) is 5.32 Å². The second kappa shape index (κ2) is 8.56. The van der Waals surface area contributed by atoms with Crippen LogP contribution in [0.3, 0.4) is 0 Å². The van der Waals surface area contributed by atoms with Crippen LogP contribution in [0.25, 0.3) is 0 Å². The summed E-state index contributed by atoms with van der Waals surface area (Å²) >= 11 is 11.0. The molecule has 1 unspecified atom stereocenters. The topological polar surface area (TPSA) is 29.1 Å². The van der Waals surface area contributed by atoms with Crippen LogP contribution in [0.15, 0.2) is 88.2 Å². The molecule has 0 spiro atoms. The summed E-state index contributed by atoms with van der Waals surface area (Å²) in [6, 6.07) is 24.8. The molecule has 0 aliphatic rings. The largest absolute Gasteiger partial charge is 0.336 e. The third-order valence-electron chi connectivity index (χ3n) is 3.54. The Morgan fingerprint density at radius 3 is 2.20 bits per heavy atom. The fourth-order valence-corrected chi connectivity index (χ4v) is 3.67. The average Bonchev–Trinajstić information content (AvgIpc) is 2.64. The lowest BCUT2D eigenvalue weighted by atomic mass is 10.2. The van der Waals surface area contributed by atoms with Crippen molar-refractivity contribution in [2.45, 2.75) is 10.3 Å². The molecule has 25 heavy (non-hydrogen) atoms. The highest BCUT2D eigenvalue weighted by atomic mass is 79.9. The maximum atomic E-state index is 12.6. The molecule has 5 heteroatoms. The van der Waals surface area contributed by atoms with Crippen molar-refractivity contribution in [3.05, 3.63) is 99.5 Å². The van der Waals surface area contributed by atoms with Crippen molar-refractivity contribution in [3.63, 3.8) is 0 Å². The van der Waals surface area contributed by atoms with E-state index >= 15 is 0 Å². The van der Waals surface area contributed by atoms with E-state index in [1.54, 1.807) is 23.9 Å². The second-order valence-corrected chi connectivity index (χ2v) is 7.87.